The van der Waals surface area contributed by atoms with Crippen molar-refractivity contribution in [2.45, 2.75) is 263 Å². The molecule has 54 heavy (non-hydrogen) atoms. The van der Waals surface area contributed by atoms with E-state index in [4.69, 9.17) is 0 Å². The van der Waals surface area contributed by atoms with Crippen LogP contribution < -0.4 is 5.32 Å². The van der Waals surface area contributed by atoms with E-state index in [1.165, 1.54) is 186 Å². The molecule has 5 heteroatoms. The minimum Gasteiger partial charge on any atom is -0.394 e. The molecule has 0 bridgehead atoms. The lowest BCUT2D eigenvalue weighted by molar-refractivity contribution is -0.131. The van der Waals surface area contributed by atoms with Gasteiger partial charge < -0.3 is 20.6 Å². The fourth-order valence-corrected chi connectivity index (χ4v) is 7.20. The summed E-state index contributed by atoms with van der Waals surface area (Å²) < 4.78 is 0. The second-order valence-electron chi connectivity index (χ2n) is 16.3. The summed E-state index contributed by atoms with van der Waals surface area (Å²) in [4.78, 5) is 12.5. The Hall–Kier alpha value is -1.43. The lowest BCUT2D eigenvalue weighted by atomic mass is 10.0. The van der Waals surface area contributed by atoms with Crippen molar-refractivity contribution in [1.82, 2.24) is 5.32 Å². The summed E-state index contributed by atoms with van der Waals surface area (Å²) in [5.74, 6) is -0.516. The van der Waals surface area contributed by atoms with Crippen LogP contribution in [0.25, 0.3) is 0 Å². The number of allylic oxidation sites excluding steroid dienone is 5. The molecule has 0 heterocycles. The number of aliphatic hydroxyl groups excluding tert-OH is 3. The Morgan fingerprint density at radius 3 is 1.13 bits per heavy atom. The van der Waals surface area contributed by atoms with E-state index in [9.17, 15) is 20.1 Å². The van der Waals surface area contributed by atoms with Gasteiger partial charge in [0.25, 0.3) is 0 Å². The third-order valence-corrected chi connectivity index (χ3v) is 11.0. The number of amides is 1. The number of carbonyl (C=O) groups excluding carboxylic acids is 1. The fourth-order valence-electron chi connectivity index (χ4n) is 7.20. The predicted molar refractivity (Wildman–Crippen MR) is 236 cm³/mol. The third-order valence-electron chi connectivity index (χ3n) is 11.0. The Morgan fingerprint density at radius 1 is 0.444 bits per heavy atom. The quantitative estimate of drug-likeness (QED) is 0.0368. The Labute approximate surface area is 336 Å². The molecule has 0 aliphatic carbocycles. The molecule has 0 aromatic rings. The van der Waals surface area contributed by atoms with E-state index < -0.39 is 24.2 Å². The largest absolute Gasteiger partial charge is 0.394 e. The van der Waals surface area contributed by atoms with Crippen LogP contribution >= 0.6 is 0 Å². The molecule has 1 amide bonds. The first-order valence-corrected chi connectivity index (χ1v) is 23.8. The molecule has 318 valence electrons. The molecule has 0 saturated heterocycles. The molecular weight excluding hydrogens is 667 g/mol. The van der Waals surface area contributed by atoms with E-state index in [1.54, 1.807) is 6.08 Å². The maximum absolute atomic E-state index is 12.5. The zero-order valence-electron chi connectivity index (χ0n) is 36.1. The van der Waals surface area contributed by atoms with Crippen LogP contribution in [0.2, 0.25) is 0 Å². The molecule has 4 N–H and O–H groups in total. The number of unbranched alkanes of at least 4 members (excludes halogenated alkanes) is 31. The Kier molecular flexibility index (Phi) is 43.1. The van der Waals surface area contributed by atoms with Crippen molar-refractivity contribution in [2.24, 2.45) is 0 Å². The Balaban J connectivity index is 3.69. The van der Waals surface area contributed by atoms with Crippen LogP contribution in [-0.4, -0.2) is 46.1 Å². The van der Waals surface area contributed by atoms with E-state index in [-0.39, 0.29) is 6.61 Å². The summed E-state index contributed by atoms with van der Waals surface area (Å²) in [6.45, 7) is 4.18. The average Bonchev–Trinajstić information content (AvgIpc) is 3.18. The van der Waals surface area contributed by atoms with Gasteiger partial charge in [-0.15, -0.1) is 0 Å². The smallest absolute Gasteiger partial charge is 0.249 e. The summed E-state index contributed by atoms with van der Waals surface area (Å²) in [5, 5.41) is 33.2. The van der Waals surface area contributed by atoms with Crippen LogP contribution in [0.1, 0.15) is 245 Å². The molecule has 0 spiro atoms. The summed E-state index contributed by atoms with van der Waals surface area (Å²) in [7, 11) is 0. The monoisotopic (exact) mass is 760 g/mol. The molecule has 0 radical (unpaired) electrons. The van der Waals surface area contributed by atoms with Crippen molar-refractivity contribution in [3.8, 4) is 0 Å². The van der Waals surface area contributed by atoms with Crippen molar-refractivity contribution in [3.63, 3.8) is 0 Å². The lowest BCUT2D eigenvalue weighted by Crippen LogP contribution is -2.48. The molecule has 3 atom stereocenters. The number of hydrogen-bond donors (Lipinski definition) is 4. The molecule has 3 unspecified atom stereocenters. The van der Waals surface area contributed by atoms with Crippen LogP contribution in [-0.2, 0) is 4.79 Å². The minimum absolute atomic E-state index is 0.377. The molecular formula is C49H93NO4. The topological polar surface area (TPSA) is 89.8 Å². The van der Waals surface area contributed by atoms with Crippen LogP contribution in [0.4, 0.5) is 0 Å². The molecule has 0 rings (SSSR count). The highest BCUT2D eigenvalue weighted by Crippen LogP contribution is 2.15. The van der Waals surface area contributed by atoms with Gasteiger partial charge in [0.05, 0.1) is 18.8 Å². The highest BCUT2D eigenvalue weighted by atomic mass is 16.3. The zero-order chi connectivity index (χ0) is 39.4. The van der Waals surface area contributed by atoms with E-state index in [0.717, 1.165) is 38.5 Å². The second kappa shape index (κ2) is 44.3. The molecule has 0 aromatic carbocycles. The highest BCUT2D eigenvalue weighted by Gasteiger charge is 2.22. The predicted octanol–water partition coefficient (Wildman–Crippen LogP) is 13.9. The summed E-state index contributed by atoms with van der Waals surface area (Å²) in [6.07, 6.45) is 56.2. The Bertz CT molecular complexity index is 840. The molecule has 0 aliphatic rings. The van der Waals surface area contributed by atoms with Gasteiger partial charge in [0.1, 0.15) is 6.10 Å². The second-order valence-corrected chi connectivity index (χ2v) is 16.3. The van der Waals surface area contributed by atoms with Crippen molar-refractivity contribution in [2.75, 3.05) is 6.61 Å². The van der Waals surface area contributed by atoms with E-state index >= 15 is 0 Å². The van der Waals surface area contributed by atoms with Gasteiger partial charge in [-0.05, 0) is 57.8 Å². The molecule has 0 fully saturated rings. The van der Waals surface area contributed by atoms with Crippen molar-refractivity contribution in [1.29, 1.82) is 0 Å². The first kappa shape index (κ1) is 52.6. The molecule has 0 aromatic heterocycles. The fraction of sp³-hybridized carbons (Fsp3) is 0.857. The zero-order valence-corrected chi connectivity index (χ0v) is 36.1. The van der Waals surface area contributed by atoms with Crippen molar-refractivity contribution in [3.05, 3.63) is 36.5 Å². The summed E-state index contributed by atoms with van der Waals surface area (Å²) in [5.41, 5.74) is 0. The first-order chi connectivity index (χ1) is 26.6. The van der Waals surface area contributed by atoms with Crippen molar-refractivity contribution < 1.29 is 20.1 Å². The SMILES string of the molecule is CCCCCCCCCCC/C=C\CCCCCCCCC(O)C(=O)NC(CO)C(O)/C=C/CC/C=C/CCCCCCCCCCCCCCCCC. The van der Waals surface area contributed by atoms with Crippen LogP contribution in [0, 0.1) is 0 Å². The number of aliphatic hydroxyl groups is 3. The molecule has 5 nitrogen and oxygen atoms in total. The molecule has 0 saturated carbocycles. The number of hydrogen-bond acceptors (Lipinski definition) is 4. The van der Waals surface area contributed by atoms with Crippen molar-refractivity contribution >= 4 is 5.91 Å². The highest BCUT2D eigenvalue weighted by molar-refractivity contribution is 5.80. The van der Waals surface area contributed by atoms with Gasteiger partial charge in [-0.1, -0.05) is 224 Å². The van der Waals surface area contributed by atoms with Gasteiger partial charge in [0, 0.05) is 0 Å². The average molecular weight is 760 g/mol. The molecule has 0 aliphatic heterocycles. The van der Waals surface area contributed by atoms with Crippen LogP contribution in [0.15, 0.2) is 36.5 Å². The first-order valence-electron chi connectivity index (χ1n) is 23.8. The van der Waals surface area contributed by atoms with Gasteiger partial charge in [-0.2, -0.15) is 0 Å². The summed E-state index contributed by atoms with van der Waals surface area (Å²) >= 11 is 0. The number of rotatable bonds is 43. The maximum atomic E-state index is 12.5. The van der Waals surface area contributed by atoms with Crippen LogP contribution in [0.3, 0.4) is 0 Å². The lowest BCUT2D eigenvalue weighted by Gasteiger charge is -2.21. The third kappa shape index (κ3) is 38.8. The Morgan fingerprint density at radius 2 is 0.759 bits per heavy atom. The van der Waals surface area contributed by atoms with Gasteiger partial charge in [0.2, 0.25) is 5.91 Å². The number of carbonyl (C=O) groups is 1. The van der Waals surface area contributed by atoms with Gasteiger partial charge >= 0.3 is 0 Å². The van der Waals surface area contributed by atoms with E-state index in [1.807, 2.05) is 6.08 Å². The normalized spacial score (nSPS) is 13.8. The minimum atomic E-state index is -1.11. The van der Waals surface area contributed by atoms with Gasteiger partial charge in [-0.25, -0.2) is 0 Å². The summed E-state index contributed by atoms with van der Waals surface area (Å²) in [6, 6.07) is -0.816. The maximum Gasteiger partial charge on any atom is 0.249 e. The van der Waals surface area contributed by atoms with Gasteiger partial charge in [-0.3, -0.25) is 4.79 Å². The standard InChI is InChI=1S/C49H93NO4/c1-3-5-7-9-11-13-15-17-19-21-23-24-26-27-29-31-33-35-37-39-41-43-47(52)46(45-51)50-49(54)48(53)44-42-40-38-36-34-32-30-28-25-22-20-18-16-14-12-10-8-6-4-2/h25,28,33,35,41,43,46-48,51-53H,3-24,26-27,29-32,34,36-40,42,44-45H2,1-2H3,(H,50,54)/b28-25-,35-33+,43-41+. The van der Waals surface area contributed by atoms with E-state index in [2.05, 4.69) is 43.5 Å². The number of nitrogens with one attached hydrogen (secondary N) is 1. The van der Waals surface area contributed by atoms with Gasteiger partial charge in [0.15, 0.2) is 0 Å². The van der Waals surface area contributed by atoms with Crippen LogP contribution in [0.5, 0.6) is 0 Å². The van der Waals surface area contributed by atoms with E-state index in [0.29, 0.717) is 6.42 Å².